The molecule has 0 spiro atoms. The van der Waals surface area contributed by atoms with Crippen LogP contribution < -0.4 is 11.2 Å². The van der Waals surface area contributed by atoms with E-state index < -0.39 is 5.69 Å². The molecule has 2 heterocycles. The van der Waals surface area contributed by atoms with Crippen molar-refractivity contribution in [3.8, 4) is 0 Å². The molecule has 1 saturated heterocycles. The summed E-state index contributed by atoms with van der Waals surface area (Å²) in [7, 11) is 0. The number of aromatic nitrogens is 2. The van der Waals surface area contributed by atoms with Crippen molar-refractivity contribution in [2.75, 3.05) is 0 Å². The molecule has 1 aromatic heterocycles. The van der Waals surface area contributed by atoms with Gasteiger partial charge < -0.3 is 4.74 Å². The van der Waals surface area contributed by atoms with Gasteiger partial charge in [0, 0.05) is 11.8 Å². The fourth-order valence-corrected chi connectivity index (χ4v) is 2.34. The Kier molecular flexibility index (Phi) is 3.19. The molecule has 0 bridgehead atoms. The molecule has 5 nitrogen and oxygen atoms in total. The second-order valence-corrected chi connectivity index (χ2v) is 4.73. The molecule has 1 unspecified atom stereocenters. The van der Waals surface area contributed by atoms with Gasteiger partial charge in [-0.25, -0.2) is 4.79 Å². The highest BCUT2D eigenvalue weighted by atomic mass is 16.5. The fourth-order valence-electron chi connectivity index (χ4n) is 2.34. The zero-order valence-corrected chi connectivity index (χ0v) is 10.4. The van der Waals surface area contributed by atoms with E-state index in [4.69, 9.17) is 4.74 Å². The maximum absolute atomic E-state index is 11.7. The average Bonchev–Trinajstić information content (AvgIpc) is 2.65. The molecular formula is C12H18N2O3. The molecular weight excluding hydrogens is 220 g/mol. The van der Waals surface area contributed by atoms with Crippen molar-refractivity contribution in [3.63, 3.8) is 0 Å². The van der Waals surface area contributed by atoms with Gasteiger partial charge in [0.15, 0.2) is 0 Å². The quantitative estimate of drug-likeness (QED) is 0.841. The monoisotopic (exact) mass is 238 g/mol. The molecule has 1 aliphatic rings. The van der Waals surface area contributed by atoms with E-state index in [1.807, 2.05) is 0 Å². The molecule has 5 heteroatoms. The molecule has 94 valence electrons. The van der Waals surface area contributed by atoms with Crippen molar-refractivity contribution < 1.29 is 4.74 Å². The number of nitrogens with zero attached hydrogens (tertiary/aromatic N) is 1. The minimum Gasteiger partial charge on any atom is -0.354 e. The number of H-pyrrole nitrogens is 1. The first-order valence-electron chi connectivity index (χ1n) is 6.00. The Morgan fingerprint density at radius 1 is 1.53 bits per heavy atom. The molecule has 1 N–H and O–H groups in total. The van der Waals surface area contributed by atoms with Crippen molar-refractivity contribution in [1.82, 2.24) is 9.55 Å². The van der Waals surface area contributed by atoms with Crippen LogP contribution in [0.5, 0.6) is 0 Å². The lowest BCUT2D eigenvalue weighted by molar-refractivity contribution is -0.00768. The molecule has 2 rings (SSSR count). The number of aromatic amines is 1. The third-order valence-electron chi connectivity index (χ3n) is 3.40. The van der Waals surface area contributed by atoms with Crippen LogP contribution in [-0.2, 0) is 4.74 Å². The largest absolute Gasteiger partial charge is 0.354 e. The van der Waals surface area contributed by atoms with Crippen LogP contribution in [0.2, 0.25) is 0 Å². The summed E-state index contributed by atoms with van der Waals surface area (Å²) in [4.78, 5) is 25.3. The predicted molar refractivity (Wildman–Crippen MR) is 64.0 cm³/mol. The third-order valence-corrected chi connectivity index (χ3v) is 3.40. The molecule has 0 radical (unpaired) electrons. The van der Waals surface area contributed by atoms with Crippen LogP contribution in [0.3, 0.4) is 0 Å². The molecule has 0 saturated carbocycles. The highest BCUT2D eigenvalue weighted by Crippen LogP contribution is 2.33. The van der Waals surface area contributed by atoms with E-state index in [1.165, 1.54) is 4.57 Å². The summed E-state index contributed by atoms with van der Waals surface area (Å²) in [5.41, 5.74) is -0.195. The summed E-state index contributed by atoms with van der Waals surface area (Å²) in [5.74, 6) is 0.434. The first-order chi connectivity index (χ1) is 8.02. The number of aryl methyl sites for hydroxylation is 1. The van der Waals surface area contributed by atoms with E-state index in [1.54, 1.807) is 13.1 Å². The standard InChI is InChI=1S/C12H18N2O3/c1-4-9-7(2)5-10(17-9)14-6-8(3)11(15)13-12(14)16/h6-7,9-10H,4-5H2,1-3H3,(H,13,15,16)/t7?,9-,10+/m1/s1. The Balaban J connectivity index is 2.34. The zero-order chi connectivity index (χ0) is 12.6. The highest BCUT2D eigenvalue weighted by molar-refractivity contribution is 5.01. The fraction of sp³-hybridized carbons (Fsp3) is 0.667. The van der Waals surface area contributed by atoms with Crippen LogP contribution in [0, 0.1) is 12.8 Å². The van der Waals surface area contributed by atoms with Crippen LogP contribution in [0.25, 0.3) is 0 Å². The van der Waals surface area contributed by atoms with E-state index in [9.17, 15) is 9.59 Å². The molecule has 0 amide bonds. The van der Waals surface area contributed by atoms with E-state index in [0.717, 1.165) is 12.8 Å². The van der Waals surface area contributed by atoms with E-state index in [2.05, 4.69) is 18.8 Å². The van der Waals surface area contributed by atoms with Crippen LogP contribution in [0.4, 0.5) is 0 Å². The highest BCUT2D eigenvalue weighted by Gasteiger charge is 2.32. The number of hydrogen-bond donors (Lipinski definition) is 1. The van der Waals surface area contributed by atoms with Crippen LogP contribution in [0.1, 0.15) is 38.5 Å². The van der Waals surface area contributed by atoms with Crippen molar-refractivity contribution in [3.05, 3.63) is 32.6 Å². The van der Waals surface area contributed by atoms with Gasteiger partial charge in [-0.1, -0.05) is 13.8 Å². The summed E-state index contributed by atoms with van der Waals surface area (Å²) in [6, 6.07) is 0. The molecule has 1 fully saturated rings. The number of nitrogens with one attached hydrogen (secondary N) is 1. The number of ether oxygens (including phenoxy) is 1. The Bertz CT molecular complexity index is 517. The summed E-state index contributed by atoms with van der Waals surface area (Å²) < 4.78 is 7.31. The summed E-state index contributed by atoms with van der Waals surface area (Å²) >= 11 is 0. The van der Waals surface area contributed by atoms with E-state index in [0.29, 0.717) is 11.5 Å². The number of hydrogen-bond acceptors (Lipinski definition) is 3. The summed E-state index contributed by atoms with van der Waals surface area (Å²) in [6.07, 6.45) is 3.27. The summed E-state index contributed by atoms with van der Waals surface area (Å²) in [6.45, 7) is 5.88. The first-order valence-corrected chi connectivity index (χ1v) is 6.00. The third kappa shape index (κ3) is 2.20. The molecule has 0 aromatic carbocycles. The molecule has 17 heavy (non-hydrogen) atoms. The van der Waals surface area contributed by atoms with Crippen LogP contribution in [0.15, 0.2) is 15.8 Å². The maximum atomic E-state index is 11.7. The lowest BCUT2D eigenvalue weighted by atomic mass is 10.0. The average molecular weight is 238 g/mol. The summed E-state index contributed by atoms with van der Waals surface area (Å²) in [5, 5.41) is 0. The Hall–Kier alpha value is -1.36. The lowest BCUT2D eigenvalue weighted by Crippen LogP contribution is -2.33. The van der Waals surface area contributed by atoms with Crippen molar-refractivity contribution in [2.24, 2.45) is 5.92 Å². The van der Waals surface area contributed by atoms with Gasteiger partial charge in [-0.2, -0.15) is 0 Å². The second kappa shape index (κ2) is 4.49. The second-order valence-electron chi connectivity index (χ2n) is 4.73. The van der Waals surface area contributed by atoms with Gasteiger partial charge >= 0.3 is 5.69 Å². The van der Waals surface area contributed by atoms with E-state index >= 15 is 0 Å². The van der Waals surface area contributed by atoms with Crippen LogP contribution in [-0.4, -0.2) is 15.7 Å². The molecule has 1 aromatic rings. The van der Waals surface area contributed by atoms with Crippen molar-refractivity contribution in [1.29, 1.82) is 0 Å². The van der Waals surface area contributed by atoms with Gasteiger partial charge in [0.05, 0.1) is 6.10 Å². The van der Waals surface area contributed by atoms with Crippen molar-refractivity contribution >= 4 is 0 Å². The Labute approximate surface area is 99.4 Å². The van der Waals surface area contributed by atoms with Crippen LogP contribution >= 0.6 is 0 Å². The van der Waals surface area contributed by atoms with E-state index in [-0.39, 0.29) is 17.9 Å². The molecule has 0 aliphatic carbocycles. The van der Waals surface area contributed by atoms with Gasteiger partial charge in [-0.15, -0.1) is 0 Å². The topological polar surface area (TPSA) is 64.1 Å². The van der Waals surface area contributed by atoms with Gasteiger partial charge in [0.1, 0.15) is 6.23 Å². The minimum absolute atomic E-state index is 0.194. The number of rotatable bonds is 2. The normalized spacial score (nSPS) is 28.5. The van der Waals surface area contributed by atoms with Gasteiger partial charge in [0.25, 0.3) is 5.56 Å². The predicted octanol–water partition coefficient (Wildman–Crippen LogP) is 1.18. The molecule has 3 atom stereocenters. The lowest BCUT2D eigenvalue weighted by Gasteiger charge is -2.15. The van der Waals surface area contributed by atoms with Crippen molar-refractivity contribution in [2.45, 2.75) is 45.9 Å². The smallest absolute Gasteiger partial charge is 0.330 e. The van der Waals surface area contributed by atoms with Gasteiger partial charge in [-0.05, 0) is 25.7 Å². The molecule has 1 aliphatic heterocycles. The maximum Gasteiger partial charge on any atom is 0.330 e. The Morgan fingerprint density at radius 3 is 2.82 bits per heavy atom. The van der Waals surface area contributed by atoms with Gasteiger partial charge in [0.2, 0.25) is 0 Å². The minimum atomic E-state index is -0.394. The SMILES string of the molecule is CC[C@H]1O[C@H](n2cc(C)c(=O)[nH]c2=O)CC1C. The Morgan fingerprint density at radius 2 is 2.24 bits per heavy atom. The first kappa shape index (κ1) is 12.1. The zero-order valence-electron chi connectivity index (χ0n) is 10.4. The van der Waals surface area contributed by atoms with Gasteiger partial charge in [-0.3, -0.25) is 14.3 Å².